The molecule has 2 N–H and O–H groups in total. The van der Waals surface area contributed by atoms with Crippen LogP contribution in [-0.4, -0.2) is 67.2 Å². The topological polar surface area (TPSA) is 92.7 Å². The van der Waals surface area contributed by atoms with Crippen LogP contribution in [0.1, 0.15) is 17.3 Å². The van der Waals surface area contributed by atoms with Crippen LogP contribution in [0.5, 0.6) is 0 Å². The summed E-state index contributed by atoms with van der Waals surface area (Å²) in [6, 6.07) is 2.76. The molecule has 0 aliphatic carbocycles. The van der Waals surface area contributed by atoms with Gasteiger partial charge >= 0.3 is 0 Å². The first-order valence-electron chi connectivity index (χ1n) is 8.15. The zero-order chi connectivity index (χ0) is 17.4. The van der Waals surface area contributed by atoms with Gasteiger partial charge in [-0.3, -0.25) is 19.3 Å². The molecule has 24 heavy (non-hydrogen) atoms. The maximum absolute atomic E-state index is 12.0. The molecule has 0 radical (unpaired) electrons. The van der Waals surface area contributed by atoms with Gasteiger partial charge in [0, 0.05) is 45.0 Å². The third-order valence-corrected chi connectivity index (χ3v) is 3.75. The average molecular weight is 336 g/mol. The summed E-state index contributed by atoms with van der Waals surface area (Å²) in [5.74, 6) is -0.516. The van der Waals surface area contributed by atoms with Crippen molar-refractivity contribution in [3.05, 3.63) is 34.2 Å². The average Bonchev–Trinajstić information content (AvgIpc) is 2.58. The standard InChI is InChI=1S/C16H24N4O4/c1-2-17-16(23)13-3-4-15(22)20(11-13)12-14(21)18-5-6-19-7-9-24-10-8-19/h3-4,11H,2,5-10,12H2,1H3,(H,17,23)(H,18,21). The van der Waals surface area contributed by atoms with Crippen LogP contribution < -0.4 is 16.2 Å². The number of hydrogen-bond acceptors (Lipinski definition) is 5. The van der Waals surface area contributed by atoms with Crippen LogP contribution in [0.3, 0.4) is 0 Å². The largest absolute Gasteiger partial charge is 0.379 e. The molecule has 0 bridgehead atoms. The lowest BCUT2D eigenvalue weighted by Gasteiger charge is -2.26. The summed E-state index contributed by atoms with van der Waals surface area (Å²) < 4.78 is 6.51. The van der Waals surface area contributed by atoms with Gasteiger partial charge in [-0.1, -0.05) is 0 Å². The normalized spacial score (nSPS) is 15.0. The van der Waals surface area contributed by atoms with Crippen molar-refractivity contribution >= 4 is 11.8 Å². The molecule has 0 atom stereocenters. The molecule has 8 nitrogen and oxygen atoms in total. The number of pyridine rings is 1. The fourth-order valence-corrected chi connectivity index (χ4v) is 2.44. The van der Waals surface area contributed by atoms with E-state index >= 15 is 0 Å². The SMILES string of the molecule is CCNC(=O)c1ccc(=O)n(CC(=O)NCCN2CCOCC2)c1. The van der Waals surface area contributed by atoms with Crippen LogP contribution in [-0.2, 0) is 16.1 Å². The Hall–Kier alpha value is -2.19. The van der Waals surface area contributed by atoms with Gasteiger partial charge in [-0.25, -0.2) is 0 Å². The lowest BCUT2D eigenvalue weighted by molar-refractivity contribution is -0.121. The molecule has 2 rings (SSSR count). The molecule has 1 aliphatic heterocycles. The second-order valence-electron chi connectivity index (χ2n) is 5.55. The van der Waals surface area contributed by atoms with E-state index in [4.69, 9.17) is 4.74 Å². The van der Waals surface area contributed by atoms with Crippen molar-refractivity contribution in [3.8, 4) is 0 Å². The molecule has 8 heteroatoms. The molecule has 0 aromatic carbocycles. The van der Waals surface area contributed by atoms with E-state index in [1.807, 2.05) is 6.92 Å². The second kappa shape index (κ2) is 9.19. The molecule has 1 aliphatic rings. The Labute approximate surface area is 140 Å². The number of hydrogen-bond donors (Lipinski definition) is 2. The molecule has 1 saturated heterocycles. The molecule has 0 saturated carbocycles. The maximum Gasteiger partial charge on any atom is 0.252 e. The third-order valence-electron chi connectivity index (χ3n) is 3.75. The lowest BCUT2D eigenvalue weighted by Crippen LogP contribution is -2.42. The molecule has 2 heterocycles. The summed E-state index contributed by atoms with van der Waals surface area (Å²) >= 11 is 0. The van der Waals surface area contributed by atoms with Gasteiger partial charge in [0.2, 0.25) is 5.91 Å². The van der Waals surface area contributed by atoms with Gasteiger partial charge in [0.1, 0.15) is 6.54 Å². The summed E-state index contributed by atoms with van der Waals surface area (Å²) in [6.45, 7) is 6.65. The Morgan fingerprint density at radius 1 is 1.21 bits per heavy atom. The molecular formula is C16H24N4O4. The Kier molecular flexibility index (Phi) is 6.95. The van der Waals surface area contributed by atoms with Gasteiger partial charge in [-0.15, -0.1) is 0 Å². The van der Waals surface area contributed by atoms with Crippen molar-refractivity contribution in [1.29, 1.82) is 0 Å². The van der Waals surface area contributed by atoms with E-state index in [0.717, 1.165) is 32.8 Å². The van der Waals surface area contributed by atoms with E-state index in [1.165, 1.54) is 22.9 Å². The van der Waals surface area contributed by atoms with Crippen LogP contribution in [0.25, 0.3) is 0 Å². The highest BCUT2D eigenvalue weighted by Gasteiger charge is 2.11. The van der Waals surface area contributed by atoms with Crippen molar-refractivity contribution in [2.45, 2.75) is 13.5 Å². The van der Waals surface area contributed by atoms with Crippen molar-refractivity contribution in [2.24, 2.45) is 0 Å². The lowest BCUT2D eigenvalue weighted by atomic mass is 10.2. The molecule has 1 aromatic heterocycles. The highest BCUT2D eigenvalue weighted by atomic mass is 16.5. The van der Waals surface area contributed by atoms with Crippen LogP contribution in [0.4, 0.5) is 0 Å². The molecule has 1 fully saturated rings. The van der Waals surface area contributed by atoms with Crippen LogP contribution in [0.2, 0.25) is 0 Å². The van der Waals surface area contributed by atoms with E-state index in [1.54, 1.807) is 0 Å². The number of rotatable bonds is 7. The first kappa shape index (κ1) is 18.2. The molecule has 0 spiro atoms. The van der Waals surface area contributed by atoms with E-state index in [-0.39, 0.29) is 23.9 Å². The summed E-state index contributed by atoms with van der Waals surface area (Å²) in [7, 11) is 0. The van der Waals surface area contributed by atoms with Crippen LogP contribution in [0.15, 0.2) is 23.1 Å². The number of aromatic nitrogens is 1. The Bertz CT molecular complexity index is 623. The van der Waals surface area contributed by atoms with Crippen molar-refractivity contribution < 1.29 is 14.3 Å². The maximum atomic E-state index is 12.0. The van der Waals surface area contributed by atoms with E-state index in [9.17, 15) is 14.4 Å². The number of carbonyl (C=O) groups excluding carboxylic acids is 2. The minimum absolute atomic E-state index is 0.102. The van der Waals surface area contributed by atoms with Gasteiger partial charge < -0.3 is 19.9 Å². The molecular weight excluding hydrogens is 312 g/mol. The molecule has 0 unspecified atom stereocenters. The number of carbonyl (C=O) groups is 2. The van der Waals surface area contributed by atoms with Gasteiger partial charge in [0.05, 0.1) is 18.8 Å². The van der Waals surface area contributed by atoms with Crippen molar-refractivity contribution in [2.75, 3.05) is 45.9 Å². The van der Waals surface area contributed by atoms with Crippen LogP contribution in [0, 0.1) is 0 Å². The van der Waals surface area contributed by atoms with E-state index in [2.05, 4.69) is 15.5 Å². The number of ether oxygens (including phenoxy) is 1. The zero-order valence-corrected chi connectivity index (χ0v) is 13.9. The van der Waals surface area contributed by atoms with Crippen LogP contribution >= 0.6 is 0 Å². The van der Waals surface area contributed by atoms with Crippen molar-refractivity contribution in [1.82, 2.24) is 20.1 Å². The highest BCUT2D eigenvalue weighted by molar-refractivity contribution is 5.93. The minimum atomic E-state index is -0.314. The smallest absolute Gasteiger partial charge is 0.252 e. The van der Waals surface area contributed by atoms with Gasteiger partial charge in [-0.05, 0) is 13.0 Å². The number of nitrogens with one attached hydrogen (secondary N) is 2. The van der Waals surface area contributed by atoms with E-state index in [0.29, 0.717) is 18.7 Å². The monoisotopic (exact) mass is 336 g/mol. The predicted octanol–water partition coefficient (Wildman–Crippen LogP) is -0.954. The second-order valence-corrected chi connectivity index (χ2v) is 5.55. The Morgan fingerprint density at radius 3 is 2.67 bits per heavy atom. The zero-order valence-electron chi connectivity index (χ0n) is 13.9. The summed E-state index contributed by atoms with van der Waals surface area (Å²) in [6.07, 6.45) is 1.41. The fraction of sp³-hybridized carbons (Fsp3) is 0.562. The van der Waals surface area contributed by atoms with Gasteiger partial charge in [-0.2, -0.15) is 0 Å². The fourth-order valence-electron chi connectivity index (χ4n) is 2.44. The predicted molar refractivity (Wildman–Crippen MR) is 89.0 cm³/mol. The number of amides is 2. The molecule has 1 aromatic rings. The summed E-state index contributed by atoms with van der Waals surface area (Å²) in [5.41, 5.74) is 0.0453. The first-order chi connectivity index (χ1) is 11.6. The van der Waals surface area contributed by atoms with E-state index < -0.39 is 0 Å². The highest BCUT2D eigenvalue weighted by Crippen LogP contribution is 1.97. The minimum Gasteiger partial charge on any atom is -0.379 e. The molecule has 2 amide bonds. The van der Waals surface area contributed by atoms with Crippen molar-refractivity contribution in [3.63, 3.8) is 0 Å². The van der Waals surface area contributed by atoms with Gasteiger partial charge in [0.15, 0.2) is 0 Å². The summed E-state index contributed by atoms with van der Waals surface area (Å²) in [5, 5.41) is 5.46. The Morgan fingerprint density at radius 2 is 1.96 bits per heavy atom. The molecule has 132 valence electrons. The van der Waals surface area contributed by atoms with Gasteiger partial charge in [0.25, 0.3) is 11.5 Å². The first-order valence-corrected chi connectivity index (χ1v) is 8.15. The summed E-state index contributed by atoms with van der Waals surface area (Å²) in [4.78, 5) is 37.8. The number of morpholine rings is 1. The quantitative estimate of drug-likeness (QED) is 0.669. The third kappa shape index (κ3) is 5.47. The number of nitrogens with zero attached hydrogens (tertiary/aromatic N) is 2. The Balaban J connectivity index is 1.85.